The first kappa shape index (κ1) is 18.7. The molecule has 0 aromatic heterocycles. The van der Waals surface area contributed by atoms with Gasteiger partial charge in [-0.05, 0) is 0 Å². The fourth-order valence-corrected chi connectivity index (χ4v) is 4.14. The van der Waals surface area contributed by atoms with Gasteiger partial charge in [0.1, 0.15) is 0 Å². The van der Waals surface area contributed by atoms with Gasteiger partial charge in [0, 0.05) is 27.3 Å². The molecular formula is C9H14Br4F2N2O2. The lowest BCUT2D eigenvalue weighted by Crippen LogP contribution is -2.50. The molecule has 0 atom stereocenters. The Morgan fingerprint density at radius 2 is 1.16 bits per heavy atom. The van der Waals surface area contributed by atoms with Crippen LogP contribution in [-0.2, 0) is 9.47 Å². The van der Waals surface area contributed by atoms with Crippen molar-refractivity contribution in [3.63, 3.8) is 0 Å². The van der Waals surface area contributed by atoms with Crippen LogP contribution in [0.4, 0.5) is 8.78 Å². The maximum Gasteiger partial charge on any atom is 0.373 e. The van der Waals surface area contributed by atoms with Crippen molar-refractivity contribution < 1.29 is 18.3 Å². The molecule has 1 saturated heterocycles. The Balaban J connectivity index is 3.06. The first-order valence-electron chi connectivity index (χ1n) is 5.30. The minimum Gasteiger partial charge on any atom is -0.383 e. The number of ether oxygens (including phenoxy) is 2. The largest absolute Gasteiger partial charge is 0.383 e. The Morgan fingerprint density at radius 1 is 0.842 bits per heavy atom. The van der Waals surface area contributed by atoms with Crippen LogP contribution in [0.5, 0.6) is 0 Å². The number of alkyl halides is 6. The van der Waals surface area contributed by atoms with Gasteiger partial charge in [-0.25, -0.2) is 0 Å². The van der Waals surface area contributed by atoms with Crippen molar-refractivity contribution in [2.45, 2.75) is 12.9 Å². The van der Waals surface area contributed by atoms with E-state index in [4.69, 9.17) is 9.47 Å². The molecule has 0 aliphatic carbocycles. The van der Waals surface area contributed by atoms with Gasteiger partial charge in [0.05, 0.1) is 13.2 Å². The molecule has 0 N–H and O–H groups in total. The van der Waals surface area contributed by atoms with Crippen LogP contribution in [-0.4, -0.2) is 63.2 Å². The van der Waals surface area contributed by atoms with Crippen LogP contribution in [0.25, 0.3) is 0 Å². The first-order valence-corrected chi connectivity index (χ1v) is 8.48. The van der Waals surface area contributed by atoms with Gasteiger partial charge >= 0.3 is 6.17 Å². The van der Waals surface area contributed by atoms with E-state index in [2.05, 4.69) is 63.7 Å². The van der Waals surface area contributed by atoms with Crippen molar-refractivity contribution in [3.05, 3.63) is 0 Å². The van der Waals surface area contributed by atoms with Gasteiger partial charge in [0.15, 0.2) is 6.71 Å². The van der Waals surface area contributed by atoms with Crippen LogP contribution < -0.4 is 0 Å². The second-order valence-corrected chi connectivity index (χ2v) is 10.6. The van der Waals surface area contributed by atoms with Crippen LogP contribution in [0.3, 0.4) is 0 Å². The number of nitrogens with zero attached hydrogens (tertiary/aromatic N) is 2. The van der Waals surface area contributed by atoms with Gasteiger partial charge in [-0.1, -0.05) is 63.7 Å². The van der Waals surface area contributed by atoms with Crippen molar-refractivity contribution >= 4 is 63.7 Å². The molecule has 1 fully saturated rings. The fraction of sp³-hybridized carbons (Fsp3) is 1.00. The van der Waals surface area contributed by atoms with Crippen molar-refractivity contribution in [2.24, 2.45) is 0 Å². The molecule has 19 heavy (non-hydrogen) atoms. The molecule has 1 aliphatic heterocycles. The second-order valence-electron chi connectivity index (χ2n) is 3.88. The van der Waals surface area contributed by atoms with E-state index in [0.717, 1.165) is 9.80 Å². The van der Waals surface area contributed by atoms with E-state index in [9.17, 15) is 8.78 Å². The summed E-state index contributed by atoms with van der Waals surface area (Å²) in [5.74, 6) is 0. The Morgan fingerprint density at radius 3 is 1.42 bits per heavy atom. The molecule has 1 heterocycles. The van der Waals surface area contributed by atoms with Gasteiger partial charge in [-0.15, -0.1) is 0 Å². The van der Waals surface area contributed by atoms with E-state index in [-0.39, 0.29) is 26.3 Å². The molecule has 0 saturated carbocycles. The number of halogens is 6. The normalized spacial score (nSPS) is 25.9. The van der Waals surface area contributed by atoms with Gasteiger partial charge in [-0.2, -0.15) is 18.6 Å². The summed E-state index contributed by atoms with van der Waals surface area (Å²) in [7, 11) is 2.94. The molecule has 0 amide bonds. The molecule has 114 valence electrons. The Labute approximate surface area is 144 Å². The summed E-state index contributed by atoms with van der Waals surface area (Å²) in [6.45, 7) is 0.455. The summed E-state index contributed by atoms with van der Waals surface area (Å²) in [5, 5.41) is 0. The molecule has 0 spiro atoms. The third kappa shape index (κ3) is 3.35. The van der Waals surface area contributed by atoms with Crippen LogP contribution >= 0.6 is 63.7 Å². The predicted molar refractivity (Wildman–Crippen MR) is 83.3 cm³/mol. The molecule has 0 radical (unpaired) electrons. The molecular weight excluding hydrogens is 526 g/mol. The third-order valence-corrected chi connectivity index (χ3v) is 8.86. The molecule has 4 nitrogen and oxygen atoms in total. The summed E-state index contributed by atoms with van der Waals surface area (Å²) < 4.78 is 36.4. The zero-order valence-electron chi connectivity index (χ0n) is 10.3. The highest BCUT2D eigenvalue weighted by Crippen LogP contribution is 2.62. The average Bonchev–Trinajstić information content (AvgIpc) is 2.37. The lowest BCUT2D eigenvalue weighted by molar-refractivity contribution is -0.218. The Hall–Kier alpha value is 1.62. The minimum absolute atomic E-state index is 0.0441. The van der Waals surface area contributed by atoms with Gasteiger partial charge in [0.2, 0.25) is 0 Å². The van der Waals surface area contributed by atoms with Crippen molar-refractivity contribution in [2.75, 3.05) is 40.5 Å². The highest BCUT2D eigenvalue weighted by atomic mass is 79.9. The van der Waals surface area contributed by atoms with Crippen molar-refractivity contribution in [3.8, 4) is 0 Å². The lowest BCUT2D eigenvalue weighted by atomic mass is 10.5. The molecule has 0 bridgehead atoms. The zero-order chi connectivity index (χ0) is 14.9. The van der Waals surface area contributed by atoms with Crippen molar-refractivity contribution in [1.82, 2.24) is 9.80 Å². The molecule has 0 unspecified atom stereocenters. The maximum absolute atomic E-state index is 14.5. The summed E-state index contributed by atoms with van der Waals surface area (Å²) in [5.41, 5.74) is 0. The number of rotatable bonds is 6. The van der Waals surface area contributed by atoms with Gasteiger partial charge in [-0.3, -0.25) is 0 Å². The molecule has 1 rings (SSSR count). The highest BCUT2D eigenvalue weighted by molar-refractivity contribution is 9.30. The Bertz CT molecular complexity index is 293. The van der Waals surface area contributed by atoms with Crippen LogP contribution in [0.15, 0.2) is 0 Å². The van der Waals surface area contributed by atoms with E-state index in [0.29, 0.717) is 0 Å². The topological polar surface area (TPSA) is 24.9 Å². The summed E-state index contributed by atoms with van der Waals surface area (Å²) >= 11 is 13.2. The summed E-state index contributed by atoms with van der Waals surface area (Å²) in [6.07, 6.45) is -3.18. The minimum atomic E-state index is -3.18. The van der Waals surface area contributed by atoms with Crippen molar-refractivity contribution in [1.29, 1.82) is 0 Å². The van der Waals surface area contributed by atoms with E-state index in [1.54, 1.807) is 0 Å². The van der Waals surface area contributed by atoms with Gasteiger partial charge < -0.3 is 9.47 Å². The van der Waals surface area contributed by atoms with E-state index in [1.165, 1.54) is 14.2 Å². The standard InChI is InChI=1S/C9H14Br4F2N2O2/c1-18-5-3-16-7(10,11)8(12,13)17(4-6-19-2)9(16,14)15/h3-6H2,1-2H3. The molecule has 10 heteroatoms. The quantitative estimate of drug-likeness (QED) is 0.382. The zero-order valence-corrected chi connectivity index (χ0v) is 16.7. The van der Waals surface area contributed by atoms with Crippen LogP contribution in [0, 0.1) is 0 Å². The summed E-state index contributed by atoms with van der Waals surface area (Å²) in [6, 6.07) is 0. The number of hydrogen-bond acceptors (Lipinski definition) is 4. The number of hydrogen-bond donors (Lipinski definition) is 0. The van der Waals surface area contributed by atoms with Crippen LogP contribution in [0.1, 0.15) is 0 Å². The smallest absolute Gasteiger partial charge is 0.373 e. The lowest BCUT2D eigenvalue weighted by Gasteiger charge is -2.33. The highest BCUT2D eigenvalue weighted by Gasteiger charge is 2.72. The van der Waals surface area contributed by atoms with E-state index in [1.807, 2.05) is 0 Å². The maximum atomic E-state index is 14.5. The first-order chi connectivity index (χ1) is 8.64. The van der Waals surface area contributed by atoms with Gasteiger partial charge in [0.25, 0.3) is 0 Å². The van der Waals surface area contributed by atoms with Crippen LogP contribution in [0.2, 0.25) is 0 Å². The molecule has 1 aliphatic rings. The van der Waals surface area contributed by atoms with E-state index >= 15 is 0 Å². The predicted octanol–water partition coefficient (Wildman–Crippen LogP) is 3.33. The molecule has 0 aromatic rings. The van der Waals surface area contributed by atoms with E-state index < -0.39 is 12.9 Å². The second kappa shape index (κ2) is 6.80. The average molecular weight is 540 g/mol. The Kier molecular flexibility index (Phi) is 6.68. The third-order valence-electron chi connectivity index (χ3n) is 2.73. The molecule has 0 aromatic carbocycles. The summed E-state index contributed by atoms with van der Waals surface area (Å²) in [4.78, 5) is 1.92. The monoisotopic (exact) mass is 536 g/mol. The fourth-order valence-electron chi connectivity index (χ4n) is 1.72. The number of methoxy groups -OCH3 is 2. The SMILES string of the molecule is COCCN1C(F)(F)N(CCOC)C(Br)(Br)C1(Br)Br.